The average molecular weight is 307 g/mol. The number of nitrogens with zero attached hydrogens (tertiary/aromatic N) is 1. The Kier molecular flexibility index (Phi) is 4.36. The first kappa shape index (κ1) is 15.0. The maximum Gasteiger partial charge on any atom is 0.305 e. The first-order valence-corrected chi connectivity index (χ1v) is 8.98. The summed E-state index contributed by atoms with van der Waals surface area (Å²) in [7, 11) is 2.18. The Hall–Kier alpha value is -0.870. The van der Waals surface area contributed by atoms with Gasteiger partial charge in [-0.2, -0.15) is 0 Å². The highest BCUT2D eigenvalue weighted by Gasteiger charge is 2.46. The summed E-state index contributed by atoms with van der Waals surface area (Å²) in [6.45, 7) is 0. The zero-order chi connectivity index (χ0) is 14.9. The van der Waals surface area contributed by atoms with E-state index in [0.29, 0.717) is 6.04 Å². The summed E-state index contributed by atoms with van der Waals surface area (Å²) < 4.78 is 0. The summed E-state index contributed by atoms with van der Waals surface area (Å²) in [6.07, 6.45) is 8.51. The quantitative estimate of drug-likeness (QED) is 0.851. The van der Waals surface area contributed by atoms with E-state index < -0.39 is 5.97 Å². The fourth-order valence-electron chi connectivity index (χ4n) is 4.05. The van der Waals surface area contributed by atoms with Crippen molar-refractivity contribution in [1.82, 2.24) is 4.90 Å². The molecule has 1 aromatic rings. The van der Waals surface area contributed by atoms with E-state index in [4.69, 9.17) is 0 Å². The standard InChI is InChI=1S/C17H25NO2S/c1-18(16(13-7-8-13)14-6-5-11-21-14)17(12-15(19)20)9-3-2-4-10-17/h5-6,11,13,16H,2-4,7-10,12H2,1H3,(H,19,20). The Morgan fingerprint density at radius 2 is 2.14 bits per heavy atom. The van der Waals surface area contributed by atoms with Crippen molar-refractivity contribution < 1.29 is 9.90 Å². The van der Waals surface area contributed by atoms with Gasteiger partial charge in [-0.1, -0.05) is 25.3 Å². The van der Waals surface area contributed by atoms with Crippen molar-refractivity contribution >= 4 is 17.3 Å². The van der Waals surface area contributed by atoms with Crippen molar-refractivity contribution in [2.24, 2.45) is 5.92 Å². The molecule has 1 atom stereocenters. The third-order valence-electron chi connectivity index (χ3n) is 5.33. The van der Waals surface area contributed by atoms with Crippen LogP contribution in [0, 0.1) is 5.92 Å². The van der Waals surface area contributed by atoms with Crippen LogP contribution >= 0.6 is 11.3 Å². The van der Waals surface area contributed by atoms with Gasteiger partial charge >= 0.3 is 5.97 Å². The predicted molar refractivity (Wildman–Crippen MR) is 85.6 cm³/mol. The molecule has 0 radical (unpaired) electrons. The second-order valence-corrected chi connectivity index (χ2v) is 7.74. The van der Waals surface area contributed by atoms with Gasteiger partial charge in [0.25, 0.3) is 0 Å². The van der Waals surface area contributed by atoms with Crippen LogP contribution in [0.25, 0.3) is 0 Å². The van der Waals surface area contributed by atoms with E-state index in [0.717, 1.165) is 18.8 Å². The zero-order valence-electron chi connectivity index (χ0n) is 12.8. The van der Waals surface area contributed by atoms with Crippen molar-refractivity contribution in [3.05, 3.63) is 22.4 Å². The molecule has 0 amide bonds. The molecule has 1 unspecified atom stereocenters. The summed E-state index contributed by atoms with van der Waals surface area (Å²) in [4.78, 5) is 15.3. The molecule has 1 heterocycles. The van der Waals surface area contributed by atoms with E-state index in [2.05, 4.69) is 29.5 Å². The molecule has 2 fully saturated rings. The minimum absolute atomic E-state index is 0.138. The lowest BCUT2D eigenvalue weighted by Crippen LogP contribution is -2.51. The molecule has 2 aliphatic rings. The molecule has 116 valence electrons. The molecule has 1 aromatic heterocycles. The molecule has 0 aromatic carbocycles. The highest BCUT2D eigenvalue weighted by molar-refractivity contribution is 7.10. The molecule has 2 saturated carbocycles. The predicted octanol–water partition coefficient (Wildman–Crippen LogP) is 4.31. The minimum atomic E-state index is -0.649. The molecular formula is C17H25NO2S. The Morgan fingerprint density at radius 3 is 2.67 bits per heavy atom. The van der Waals surface area contributed by atoms with E-state index in [9.17, 15) is 9.90 Å². The van der Waals surface area contributed by atoms with E-state index >= 15 is 0 Å². The average Bonchev–Trinajstić information content (AvgIpc) is 3.14. The molecule has 0 aliphatic heterocycles. The van der Waals surface area contributed by atoms with Crippen molar-refractivity contribution in [3.63, 3.8) is 0 Å². The monoisotopic (exact) mass is 307 g/mol. The van der Waals surface area contributed by atoms with Crippen molar-refractivity contribution in [3.8, 4) is 0 Å². The Balaban J connectivity index is 1.87. The van der Waals surface area contributed by atoms with Gasteiger partial charge in [-0.3, -0.25) is 9.69 Å². The topological polar surface area (TPSA) is 40.5 Å². The van der Waals surface area contributed by atoms with Crippen LogP contribution in [-0.2, 0) is 4.79 Å². The number of aliphatic carboxylic acids is 1. The summed E-state index contributed by atoms with van der Waals surface area (Å²) in [5.74, 6) is 0.0747. The van der Waals surface area contributed by atoms with Crippen LogP contribution < -0.4 is 0 Å². The molecule has 3 nitrogen and oxygen atoms in total. The van der Waals surface area contributed by atoms with Gasteiger partial charge in [0.1, 0.15) is 0 Å². The van der Waals surface area contributed by atoms with Crippen LogP contribution in [0.4, 0.5) is 0 Å². The lowest BCUT2D eigenvalue weighted by molar-refractivity contribution is -0.141. The van der Waals surface area contributed by atoms with Gasteiger partial charge in [0.05, 0.1) is 6.42 Å². The molecular weight excluding hydrogens is 282 g/mol. The fraction of sp³-hybridized carbons (Fsp3) is 0.706. The minimum Gasteiger partial charge on any atom is -0.481 e. The van der Waals surface area contributed by atoms with Crippen molar-refractivity contribution in [2.45, 2.75) is 62.9 Å². The Morgan fingerprint density at radius 1 is 1.43 bits per heavy atom. The van der Waals surface area contributed by atoms with Crippen molar-refractivity contribution in [2.75, 3.05) is 7.05 Å². The summed E-state index contributed by atoms with van der Waals surface area (Å²) in [5.41, 5.74) is -0.138. The zero-order valence-corrected chi connectivity index (χ0v) is 13.6. The maximum absolute atomic E-state index is 11.4. The van der Waals surface area contributed by atoms with Crippen LogP contribution in [0.2, 0.25) is 0 Å². The number of carboxylic acid groups (broad SMARTS) is 1. The molecule has 1 N–H and O–H groups in total. The lowest BCUT2D eigenvalue weighted by Gasteiger charge is -2.47. The van der Waals surface area contributed by atoms with Gasteiger partial charge in [0.2, 0.25) is 0 Å². The Labute approximate surface area is 131 Å². The summed E-state index contributed by atoms with van der Waals surface area (Å²) in [5, 5.41) is 11.6. The third-order valence-corrected chi connectivity index (χ3v) is 6.28. The molecule has 0 bridgehead atoms. The van der Waals surface area contributed by atoms with Crippen LogP contribution in [0.3, 0.4) is 0 Å². The van der Waals surface area contributed by atoms with E-state index in [1.807, 2.05) is 11.3 Å². The first-order valence-electron chi connectivity index (χ1n) is 8.10. The van der Waals surface area contributed by atoms with Crippen LogP contribution in [-0.4, -0.2) is 28.6 Å². The maximum atomic E-state index is 11.4. The van der Waals surface area contributed by atoms with Crippen LogP contribution in [0.1, 0.15) is 62.3 Å². The third kappa shape index (κ3) is 3.16. The number of hydrogen-bond acceptors (Lipinski definition) is 3. The molecule has 2 aliphatic carbocycles. The van der Waals surface area contributed by atoms with Gasteiger partial charge in [0, 0.05) is 16.5 Å². The fourth-order valence-corrected chi connectivity index (χ4v) is 5.01. The number of carbonyl (C=O) groups is 1. The second-order valence-electron chi connectivity index (χ2n) is 6.76. The van der Waals surface area contributed by atoms with Gasteiger partial charge < -0.3 is 5.11 Å². The number of rotatable bonds is 6. The summed E-state index contributed by atoms with van der Waals surface area (Å²) >= 11 is 1.82. The Bertz CT molecular complexity index is 475. The van der Waals surface area contributed by atoms with Crippen molar-refractivity contribution in [1.29, 1.82) is 0 Å². The normalized spacial score (nSPS) is 23.1. The van der Waals surface area contributed by atoms with Gasteiger partial charge in [-0.15, -0.1) is 11.3 Å². The summed E-state index contributed by atoms with van der Waals surface area (Å²) in [6, 6.07) is 4.76. The molecule has 21 heavy (non-hydrogen) atoms. The number of carboxylic acids is 1. The molecule has 0 spiro atoms. The lowest BCUT2D eigenvalue weighted by atomic mass is 9.77. The SMILES string of the molecule is CN(C(c1cccs1)C1CC1)C1(CC(=O)O)CCCCC1. The molecule has 0 saturated heterocycles. The highest BCUT2D eigenvalue weighted by atomic mass is 32.1. The molecule has 3 rings (SSSR count). The second kappa shape index (κ2) is 6.09. The smallest absolute Gasteiger partial charge is 0.305 e. The first-order chi connectivity index (χ1) is 10.1. The molecule has 4 heteroatoms. The highest BCUT2D eigenvalue weighted by Crippen LogP contribution is 2.50. The number of hydrogen-bond donors (Lipinski definition) is 1. The largest absolute Gasteiger partial charge is 0.481 e. The number of thiophene rings is 1. The van der Waals surface area contributed by atoms with E-state index in [-0.39, 0.29) is 12.0 Å². The van der Waals surface area contributed by atoms with Crippen LogP contribution in [0.15, 0.2) is 17.5 Å². The van der Waals surface area contributed by atoms with Gasteiger partial charge in [-0.05, 0) is 50.1 Å². The van der Waals surface area contributed by atoms with Gasteiger partial charge in [-0.25, -0.2) is 0 Å². The van der Waals surface area contributed by atoms with Crippen LogP contribution in [0.5, 0.6) is 0 Å². The van der Waals surface area contributed by atoms with Gasteiger partial charge in [0.15, 0.2) is 0 Å². The van der Waals surface area contributed by atoms with E-state index in [1.54, 1.807) is 0 Å². The van der Waals surface area contributed by atoms with E-state index in [1.165, 1.54) is 37.0 Å².